The number of hydrogen-bond acceptors (Lipinski definition) is 2. The van der Waals surface area contributed by atoms with Gasteiger partial charge in [0.15, 0.2) is 0 Å². The Morgan fingerprint density at radius 2 is 2.12 bits per heavy atom. The van der Waals surface area contributed by atoms with Crippen LogP contribution in [0.15, 0.2) is 0 Å². The molecule has 0 aromatic heterocycles. The number of alkyl halides is 3. The summed E-state index contributed by atoms with van der Waals surface area (Å²) in [6, 6.07) is 0. The first kappa shape index (κ1) is 11.7. The molecule has 2 heterocycles. The van der Waals surface area contributed by atoms with Crippen LogP contribution in [-0.2, 0) is 4.79 Å². The lowest BCUT2D eigenvalue weighted by Crippen LogP contribution is -2.35. The first-order chi connectivity index (χ1) is 7.40. The molecule has 0 radical (unpaired) electrons. The molecule has 2 fully saturated rings. The van der Waals surface area contributed by atoms with Crippen molar-refractivity contribution in [2.45, 2.75) is 25.4 Å². The van der Waals surface area contributed by atoms with Gasteiger partial charge in [-0.3, -0.25) is 4.79 Å². The fourth-order valence-corrected chi connectivity index (χ4v) is 2.58. The zero-order valence-corrected chi connectivity index (χ0v) is 8.94. The third kappa shape index (κ3) is 2.48. The molecule has 2 aliphatic heterocycles. The van der Waals surface area contributed by atoms with Gasteiger partial charge in [0.25, 0.3) is 0 Å². The average molecular weight is 236 g/mol. The van der Waals surface area contributed by atoms with E-state index in [1.807, 2.05) is 0 Å². The van der Waals surface area contributed by atoms with Crippen LogP contribution in [0.25, 0.3) is 0 Å². The molecule has 1 amide bonds. The second-order valence-electron chi connectivity index (χ2n) is 4.78. The molecule has 2 rings (SSSR count). The minimum Gasteiger partial charge on any atom is -0.342 e. The van der Waals surface area contributed by atoms with Crippen molar-refractivity contribution >= 4 is 5.91 Å². The summed E-state index contributed by atoms with van der Waals surface area (Å²) in [5.41, 5.74) is 0.0429. The van der Waals surface area contributed by atoms with Gasteiger partial charge in [0.2, 0.25) is 5.91 Å². The molecule has 6 heteroatoms. The van der Waals surface area contributed by atoms with Crippen molar-refractivity contribution in [1.29, 1.82) is 0 Å². The molecule has 16 heavy (non-hydrogen) atoms. The van der Waals surface area contributed by atoms with Crippen molar-refractivity contribution < 1.29 is 18.0 Å². The molecule has 1 atom stereocenters. The van der Waals surface area contributed by atoms with Gasteiger partial charge >= 0.3 is 6.18 Å². The summed E-state index contributed by atoms with van der Waals surface area (Å²) in [6.45, 7) is 2.68. The van der Waals surface area contributed by atoms with E-state index in [2.05, 4.69) is 5.32 Å². The van der Waals surface area contributed by atoms with Crippen molar-refractivity contribution in [2.24, 2.45) is 5.41 Å². The monoisotopic (exact) mass is 236 g/mol. The Labute approximate surface area is 92.0 Å². The predicted octanol–water partition coefficient (Wildman–Crippen LogP) is 1.15. The summed E-state index contributed by atoms with van der Waals surface area (Å²) >= 11 is 0. The molecule has 2 aliphatic rings. The number of nitrogens with one attached hydrogen (secondary N) is 1. The van der Waals surface area contributed by atoms with E-state index in [-0.39, 0.29) is 5.41 Å². The topological polar surface area (TPSA) is 32.3 Å². The quantitative estimate of drug-likeness (QED) is 0.740. The predicted molar refractivity (Wildman–Crippen MR) is 51.8 cm³/mol. The van der Waals surface area contributed by atoms with Gasteiger partial charge in [0, 0.05) is 25.0 Å². The molecule has 0 aromatic carbocycles. The van der Waals surface area contributed by atoms with Crippen LogP contribution < -0.4 is 5.32 Å². The number of carbonyl (C=O) groups excluding carboxylic acids is 1. The molecule has 2 saturated heterocycles. The first-order valence-corrected chi connectivity index (χ1v) is 5.46. The van der Waals surface area contributed by atoms with Gasteiger partial charge in [-0.1, -0.05) is 0 Å². The lowest BCUT2D eigenvalue weighted by atomic mass is 9.87. The van der Waals surface area contributed by atoms with E-state index in [1.54, 1.807) is 0 Å². The molecule has 0 aliphatic carbocycles. The fourth-order valence-electron chi connectivity index (χ4n) is 2.58. The van der Waals surface area contributed by atoms with Gasteiger partial charge in [-0.05, 0) is 19.4 Å². The highest BCUT2D eigenvalue weighted by molar-refractivity contribution is 5.77. The minimum absolute atomic E-state index is 0.0429. The summed E-state index contributed by atoms with van der Waals surface area (Å²) in [5.74, 6) is -0.781. The zero-order chi connectivity index (χ0) is 11.8. The van der Waals surface area contributed by atoms with Gasteiger partial charge < -0.3 is 10.2 Å². The van der Waals surface area contributed by atoms with Gasteiger partial charge in [-0.2, -0.15) is 13.2 Å². The SMILES string of the molecule is O=C(CC(F)(F)F)N1CCC2(CCNC2)C1. The third-order valence-corrected chi connectivity index (χ3v) is 3.47. The van der Waals surface area contributed by atoms with E-state index in [0.29, 0.717) is 13.1 Å². The van der Waals surface area contributed by atoms with Crippen molar-refractivity contribution in [3.63, 3.8) is 0 Å². The molecule has 3 nitrogen and oxygen atoms in total. The normalized spacial score (nSPS) is 30.3. The van der Waals surface area contributed by atoms with Crippen LogP contribution >= 0.6 is 0 Å². The minimum atomic E-state index is -4.39. The standard InChI is InChI=1S/C10H15F3N2O/c11-10(12,13)5-8(16)15-4-2-9(7-15)1-3-14-6-9/h14H,1-7H2. The number of halogens is 3. The van der Waals surface area contributed by atoms with Crippen LogP contribution in [0.5, 0.6) is 0 Å². The summed E-state index contributed by atoms with van der Waals surface area (Å²) in [4.78, 5) is 12.7. The maximum Gasteiger partial charge on any atom is 0.397 e. The van der Waals surface area contributed by atoms with E-state index in [9.17, 15) is 18.0 Å². The summed E-state index contributed by atoms with van der Waals surface area (Å²) in [6.07, 6.45) is -3.93. The van der Waals surface area contributed by atoms with Gasteiger partial charge in [-0.25, -0.2) is 0 Å². The lowest BCUT2D eigenvalue weighted by Gasteiger charge is -2.23. The van der Waals surface area contributed by atoms with Crippen LogP contribution in [0.1, 0.15) is 19.3 Å². The van der Waals surface area contributed by atoms with Crippen molar-refractivity contribution in [3.8, 4) is 0 Å². The summed E-state index contributed by atoms with van der Waals surface area (Å²) < 4.78 is 36.2. The number of carbonyl (C=O) groups is 1. The summed E-state index contributed by atoms with van der Waals surface area (Å²) in [7, 11) is 0. The van der Waals surface area contributed by atoms with Crippen molar-refractivity contribution in [3.05, 3.63) is 0 Å². The lowest BCUT2D eigenvalue weighted by molar-refractivity contribution is -0.160. The molecule has 0 bridgehead atoms. The molecule has 1 N–H and O–H groups in total. The number of rotatable bonds is 1. The second-order valence-corrected chi connectivity index (χ2v) is 4.78. The van der Waals surface area contributed by atoms with Gasteiger partial charge in [0.1, 0.15) is 6.42 Å². The average Bonchev–Trinajstić information content (AvgIpc) is 2.74. The highest BCUT2D eigenvalue weighted by Crippen LogP contribution is 2.36. The molecular weight excluding hydrogens is 221 g/mol. The third-order valence-electron chi connectivity index (χ3n) is 3.47. The molecule has 0 aromatic rings. The van der Waals surface area contributed by atoms with Crippen LogP contribution in [0, 0.1) is 5.41 Å². The Hall–Kier alpha value is -0.780. The second kappa shape index (κ2) is 3.91. The highest BCUT2D eigenvalue weighted by atomic mass is 19.4. The van der Waals surface area contributed by atoms with E-state index >= 15 is 0 Å². The Morgan fingerprint density at radius 3 is 2.69 bits per heavy atom. The molecule has 1 spiro atoms. The maximum absolute atomic E-state index is 12.1. The first-order valence-electron chi connectivity index (χ1n) is 5.46. The Morgan fingerprint density at radius 1 is 1.38 bits per heavy atom. The van der Waals surface area contributed by atoms with Crippen LogP contribution in [-0.4, -0.2) is 43.2 Å². The Bertz CT molecular complexity index is 284. The maximum atomic E-state index is 12.1. The number of nitrogens with zero attached hydrogens (tertiary/aromatic N) is 1. The fraction of sp³-hybridized carbons (Fsp3) is 0.900. The van der Waals surface area contributed by atoms with Crippen molar-refractivity contribution in [1.82, 2.24) is 10.2 Å². The number of hydrogen-bond donors (Lipinski definition) is 1. The van der Waals surface area contributed by atoms with E-state index in [4.69, 9.17) is 0 Å². The smallest absolute Gasteiger partial charge is 0.342 e. The molecule has 92 valence electrons. The zero-order valence-electron chi connectivity index (χ0n) is 8.94. The molecule has 0 saturated carbocycles. The number of likely N-dealkylation sites (tertiary alicyclic amines) is 1. The van der Waals surface area contributed by atoms with Crippen LogP contribution in [0.4, 0.5) is 13.2 Å². The Balaban J connectivity index is 1.91. The van der Waals surface area contributed by atoms with E-state index in [1.165, 1.54) is 4.90 Å². The van der Waals surface area contributed by atoms with E-state index < -0.39 is 18.5 Å². The summed E-state index contributed by atoms with van der Waals surface area (Å²) in [5, 5.41) is 3.20. The largest absolute Gasteiger partial charge is 0.397 e. The van der Waals surface area contributed by atoms with Gasteiger partial charge in [0.05, 0.1) is 0 Å². The van der Waals surface area contributed by atoms with Crippen molar-refractivity contribution in [2.75, 3.05) is 26.2 Å². The highest BCUT2D eigenvalue weighted by Gasteiger charge is 2.43. The van der Waals surface area contributed by atoms with Crippen LogP contribution in [0.2, 0.25) is 0 Å². The van der Waals surface area contributed by atoms with Crippen LogP contribution in [0.3, 0.4) is 0 Å². The molecule has 1 unspecified atom stereocenters. The van der Waals surface area contributed by atoms with Gasteiger partial charge in [-0.15, -0.1) is 0 Å². The van der Waals surface area contributed by atoms with E-state index in [0.717, 1.165) is 25.9 Å². The Kier molecular flexibility index (Phi) is 2.86. The molecular formula is C10H15F3N2O. The number of amides is 1.